The monoisotopic (exact) mass is 322 g/mol. The minimum atomic E-state index is -0.416. The van der Waals surface area contributed by atoms with Crippen LogP contribution in [0, 0.1) is 42.4 Å². The molecule has 6 atom stereocenters. The van der Waals surface area contributed by atoms with Gasteiger partial charge in [0.2, 0.25) is 0 Å². The highest BCUT2D eigenvalue weighted by atomic mass is 16.2. The second-order valence-corrected chi connectivity index (χ2v) is 7.47. The van der Waals surface area contributed by atoms with Crippen molar-refractivity contribution in [3.63, 3.8) is 0 Å². The number of hydrogen-bond donors (Lipinski definition) is 1. The number of benzene rings is 1. The van der Waals surface area contributed by atoms with E-state index in [1.807, 2.05) is 19.1 Å². The Hall–Kier alpha value is -2.43. The van der Waals surface area contributed by atoms with Crippen LogP contribution in [0.1, 0.15) is 22.3 Å². The van der Waals surface area contributed by atoms with Crippen LogP contribution in [0.15, 0.2) is 36.4 Å². The van der Waals surface area contributed by atoms with Gasteiger partial charge in [-0.2, -0.15) is 5.01 Å². The molecule has 5 aliphatic rings. The summed E-state index contributed by atoms with van der Waals surface area (Å²) >= 11 is 0. The molecule has 2 saturated carbocycles. The topological polar surface area (TPSA) is 66.5 Å². The van der Waals surface area contributed by atoms with Crippen LogP contribution in [0.3, 0.4) is 0 Å². The standard InChI is InChI=1S/C19H18N2O3/c1-9-2-4-10(5-3-9)17(22)20-21-18(23)15-11-6-7-12(14-8-13(11)14)16(15)19(21)24/h2-7,11-16H,8H2,1H3,(H,20,22)/t11?,12?,13-,14+,15+,16-. The molecule has 1 aromatic rings. The Morgan fingerprint density at radius 1 is 1.00 bits per heavy atom. The fraction of sp³-hybridized carbons (Fsp3) is 0.421. The molecule has 1 saturated heterocycles. The number of carbonyl (C=O) groups is 3. The number of carbonyl (C=O) groups excluding carboxylic acids is 3. The van der Waals surface area contributed by atoms with Crippen LogP contribution in [0.4, 0.5) is 0 Å². The predicted octanol–water partition coefficient (Wildman–Crippen LogP) is 1.69. The quantitative estimate of drug-likeness (QED) is 0.666. The van der Waals surface area contributed by atoms with Gasteiger partial charge in [0.15, 0.2) is 0 Å². The summed E-state index contributed by atoms with van der Waals surface area (Å²) in [5.74, 6) is -0.00257. The molecule has 24 heavy (non-hydrogen) atoms. The number of allylic oxidation sites excluding steroid dienone is 2. The summed E-state index contributed by atoms with van der Waals surface area (Å²) in [6, 6.07) is 7.06. The average molecular weight is 322 g/mol. The fourth-order valence-corrected chi connectivity index (χ4v) is 4.94. The van der Waals surface area contributed by atoms with E-state index in [9.17, 15) is 14.4 Å². The maximum absolute atomic E-state index is 12.8. The summed E-state index contributed by atoms with van der Waals surface area (Å²) in [6.07, 6.45) is 5.37. The summed E-state index contributed by atoms with van der Waals surface area (Å²) in [6.45, 7) is 1.94. The number of imide groups is 1. The molecule has 5 heteroatoms. The van der Waals surface area contributed by atoms with Gasteiger partial charge < -0.3 is 0 Å². The number of nitrogens with zero attached hydrogens (tertiary/aromatic N) is 1. The third-order valence-corrected chi connectivity index (χ3v) is 6.19. The number of nitrogens with one attached hydrogen (secondary N) is 1. The average Bonchev–Trinajstić information content (AvgIpc) is 3.36. The Morgan fingerprint density at radius 2 is 1.54 bits per heavy atom. The minimum absolute atomic E-state index is 0.169. The number of hydrogen-bond acceptors (Lipinski definition) is 3. The van der Waals surface area contributed by atoms with Crippen LogP contribution in [-0.4, -0.2) is 22.7 Å². The Kier molecular flexibility index (Phi) is 2.65. The third-order valence-electron chi connectivity index (χ3n) is 6.19. The molecule has 0 radical (unpaired) electrons. The smallest absolute Gasteiger partial charge is 0.270 e. The van der Waals surface area contributed by atoms with Crippen molar-refractivity contribution >= 4 is 17.7 Å². The first-order valence-electron chi connectivity index (χ1n) is 8.50. The van der Waals surface area contributed by atoms with Gasteiger partial charge in [-0.3, -0.25) is 19.8 Å². The summed E-state index contributed by atoms with van der Waals surface area (Å²) in [5, 5.41) is 0.981. The van der Waals surface area contributed by atoms with Crippen molar-refractivity contribution in [3.05, 3.63) is 47.5 Å². The van der Waals surface area contributed by atoms with Crippen LogP contribution < -0.4 is 5.43 Å². The van der Waals surface area contributed by atoms with E-state index in [4.69, 9.17) is 0 Å². The van der Waals surface area contributed by atoms with E-state index in [0.29, 0.717) is 17.4 Å². The summed E-state index contributed by atoms with van der Waals surface area (Å²) in [5.41, 5.74) is 4.03. The molecule has 6 rings (SSSR count). The van der Waals surface area contributed by atoms with E-state index in [2.05, 4.69) is 17.6 Å². The van der Waals surface area contributed by atoms with Crippen LogP contribution >= 0.6 is 0 Å². The molecule has 2 bridgehead atoms. The van der Waals surface area contributed by atoms with Crippen molar-refractivity contribution in [1.29, 1.82) is 0 Å². The Labute approximate surface area is 139 Å². The lowest BCUT2D eigenvalue weighted by Gasteiger charge is -2.37. The molecule has 122 valence electrons. The first-order chi connectivity index (χ1) is 11.6. The third kappa shape index (κ3) is 1.72. The molecule has 1 aromatic carbocycles. The lowest BCUT2D eigenvalue weighted by Crippen LogP contribution is -2.46. The summed E-state index contributed by atoms with van der Waals surface area (Å²) in [4.78, 5) is 38.0. The molecular formula is C19H18N2O3. The van der Waals surface area contributed by atoms with Gasteiger partial charge in [0, 0.05) is 5.56 Å². The molecule has 3 fully saturated rings. The molecule has 2 unspecified atom stereocenters. The number of hydrazine groups is 1. The number of aryl methyl sites for hydroxylation is 1. The molecule has 1 N–H and O–H groups in total. The maximum Gasteiger partial charge on any atom is 0.270 e. The summed E-state index contributed by atoms with van der Waals surface area (Å²) < 4.78 is 0. The SMILES string of the molecule is Cc1ccc(C(=O)NN2C(=O)[C@@H]3C4C=CC([C@H]5C[C@@H]45)[C@@H]3C2=O)cc1. The number of amides is 3. The first-order valence-corrected chi connectivity index (χ1v) is 8.50. The highest BCUT2D eigenvalue weighted by Crippen LogP contribution is 2.65. The summed E-state index contributed by atoms with van der Waals surface area (Å²) in [7, 11) is 0. The van der Waals surface area contributed by atoms with Crippen LogP contribution in [0.25, 0.3) is 0 Å². The highest BCUT2D eigenvalue weighted by molar-refractivity contribution is 6.08. The number of rotatable bonds is 2. The van der Waals surface area contributed by atoms with Gasteiger partial charge in [0.1, 0.15) is 0 Å². The zero-order chi connectivity index (χ0) is 16.6. The molecule has 3 amide bonds. The van der Waals surface area contributed by atoms with Crippen molar-refractivity contribution in [2.75, 3.05) is 0 Å². The van der Waals surface area contributed by atoms with Crippen LogP contribution in [0.5, 0.6) is 0 Å². The zero-order valence-corrected chi connectivity index (χ0v) is 13.3. The Morgan fingerprint density at radius 3 is 2.08 bits per heavy atom. The second kappa shape index (κ2) is 4.56. The molecular weight excluding hydrogens is 304 g/mol. The van der Waals surface area contributed by atoms with E-state index < -0.39 is 5.91 Å². The van der Waals surface area contributed by atoms with Gasteiger partial charge in [-0.1, -0.05) is 29.8 Å². The van der Waals surface area contributed by atoms with E-state index in [-0.39, 0.29) is 35.5 Å². The lowest BCUT2D eigenvalue weighted by atomic mass is 9.63. The fourth-order valence-electron chi connectivity index (χ4n) is 4.94. The van der Waals surface area contributed by atoms with E-state index in [1.165, 1.54) is 0 Å². The predicted molar refractivity (Wildman–Crippen MR) is 85.2 cm³/mol. The van der Waals surface area contributed by atoms with Crippen LogP contribution in [0.2, 0.25) is 0 Å². The van der Waals surface area contributed by atoms with Gasteiger partial charge in [-0.05, 0) is 49.1 Å². The van der Waals surface area contributed by atoms with Crippen LogP contribution in [-0.2, 0) is 9.59 Å². The normalized spacial score (nSPS) is 38.1. The van der Waals surface area contributed by atoms with Crippen molar-refractivity contribution in [2.45, 2.75) is 13.3 Å². The minimum Gasteiger partial charge on any atom is -0.272 e. The van der Waals surface area contributed by atoms with Crippen molar-refractivity contribution in [3.8, 4) is 0 Å². The van der Waals surface area contributed by atoms with E-state index in [1.54, 1.807) is 12.1 Å². The molecule has 0 aromatic heterocycles. The lowest BCUT2D eigenvalue weighted by molar-refractivity contribution is -0.143. The highest BCUT2D eigenvalue weighted by Gasteiger charge is 2.67. The molecule has 1 heterocycles. The molecule has 5 nitrogen and oxygen atoms in total. The maximum atomic E-state index is 12.8. The molecule has 1 aliphatic heterocycles. The van der Waals surface area contributed by atoms with E-state index in [0.717, 1.165) is 17.0 Å². The van der Waals surface area contributed by atoms with Crippen molar-refractivity contribution in [2.24, 2.45) is 35.5 Å². The molecule has 4 aliphatic carbocycles. The van der Waals surface area contributed by atoms with Gasteiger partial charge in [-0.25, -0.2) is 0 Å². The van der Waals surface area contributed by atoms with Crippen molar-refractivity contribution in [1.82, 2.24) is 10.4 Å². The second-order valence-electron chi connectivity index (χ2n) is 7.47. The Balaban J connectivity index is 1.40. The van der Waals surface area contributed by atoms with Gasteiger partial charge in [0.25, 0.3) is 17.7 Å². The zero-order valence-electron chi connectivity index (χ0n) is 13.3. The largest absolute Gasteiger partial charge is 0.272 e. The molecule has 0 spiro atoms. The van der Waals surface area contributed by atoms with E-state index >= 15 is 0 Å². The Bertz CT molecular complexity index is 761. The van der Waals surface area contributed by atoms with Gasteiger partial charge in [0.05, 0.1) is 11.8 Å². The van der Waals surface area contributed by atoms with Crippen molar-refractivity contribution < 1.29 is 14.4 Å². The van der Waals surface area contributed by atoms with Gasteiger partial charge in [-0.15, -0.1) is 0 Å². The van der Waals surface area contributed by atoms with Gasteiger partial charge >= 0.3 is 0 Å². The first kappa shape index (κ1) is 14.0.